The average Bonchev–Trinajstić information content (AvgIpc) is 3.11. The summed E-state index contributed by atoms with van der Waals surface area (Å²) in [5.74, 6) is 1.66. The Morgan fingerprint density at radius 2 is 2.00 bits per heavy atom. The minimum atomic E-state index is 0.0222. The van der Waals surface area contributed by atoms with Gasteiger partial charge in [0.25, 0.3) is 5.91 Å². The standard InChI is InChI=1S/C18H19N5O2/c1-25-14-2-3-15-13(10-14)11-16(21-15)18(24)23-8-6-22(7-9-23)17-12-19-4-5-20-17/h2-5,10-12,21H,6-9H2,1H3. The molecule has 7 heteroatoms. The normalized spacial score (nSPS) is 14.8. The molecule has 3 heterocycles. The third kappa shape index (κ3) is 3.00. The second-order valence-corrected chi connectivity index (χ2v) is 5.98. The maximum Gasteiger partial charge on any atom is 0.270 e. The van der Waals surface area contributed by atoms with E-state index in [2.05, 4.69) is 19.9 Å². The van der Waals surface area contributed by atoms with Crippen molar-refractivity contribution in [3.05, 3.63) is 48.5 Å². The smallest absolute Gasteiger partial charge is 0.270 e. The Balaban J connectivity index is 1.47. The van der Waals surface area contributed by atoms with Crippen molar-refractivity contribution in [3.8, 4) is 5.75 Å². The van der Waals surface area contributed by atoms with Crippen LogP contribution in [0.15, 0.2) is 42.9 Å². The van der Waals surface area contributed by atoms with Crippen molar-refractivity contribution in [1.82, 2.24) is 19.9 Å². The Morgan fingerprint density at radius 1 is 1.16 bits per heavy atom. The van der Waals surface area contributed by atoms with E-state index in [9.17, 15) is 4.79 Å². The minimum Gasteiger partial charge on any atom is -0.497 e. The first-order valence-electron chi connectivity index (χ1n) is 8.21. The van der Waals surface area contributed by atoms with Crippen LogP contribution in [0.25, 0.3) is 10.9 Å². The largest absolute Gasteiger partial charge is 0.497 e. The van der Waals surface area contributed by atoms with Gasteiger partial charge in [0.1, 0.15) is 17.3 Å². The van der Waals surface area contributed by atoms with Crippen molar-refractivity contribution in [2.75, 3.05) is 38.2 Å². The third-order valence-corrected chi connectivity index (χ3v) is 4.50. The van der Waals surface area contributed by atoms with Crippen LogP contribution in [0.4, 0.5) is 5.82 Å². The highest BCUT2D eigenvalue weighted by Crippen LogP contribution is 2.22. The first kappa shape index (κ1) is 15.4. The number of fused-ring (bicyclic) bond motifs is 1. The van der Waals surface area contributed by atoms with E-state index in [1.165, 1.54) is 0 Å². The van der Waals surface area contributed by atoms with Crippen LogP contribution in [0.2, 0.25) is 0 Å². The molecule has 1 amide bonds. The molecule has 25 heavy (non-hydrogen) atoms. The second kappa shape index (κ2) is 6.43. The van der Waals surface area contributed by atoms with Gasteiger partial charge in [-0.25, -0.2) is 4.98 Å². The molecule has 0 spiro atoms. The number of hydrogen-bond donors (Lipinski definition) is 1. The fraction of sp³-hybridized carbons (Fsp3) is 0.278. The van der Waals surface area contributed by atoms with Gasteiger partial charge in [-0.1, -0.05) is 0 Å². The maximum atomic E-state index is 12.8. The molecule has 0 aliphatic carbocycles. The molecule has 1 fully saturated rings. The molecular formula is C18H19N5O2. The zero-order valence-electron chi connectivity index (χ0n) is 14.0. The van der Waals surface area contributed by atoms with Crippen LogP contribution in [-0.2, 0) is 0 Å². The van der Waals surface area contributed by atoms with E-state index in [1.54, 1.807) is 25.7 Å². The average molecular weight is 337 g/mol. The summed E-state index contributed by atoms with van der Waals surface area (Å²) in [6, 6.07) is 7.62. The number of nitrogens with one attached hydrogen (secondary N) is 1. The van der Waals surface area contributed by atoms with Gasteiger partial charge in [-0.2, -0.15) is 0 Å². The van der Waals surface area contributed by atoms with Gasteiger partial charge in [-0.3, -0.25) is 9.78 Å². The van der Waals surface area contributed by atoms with Crippen molar-refractivity contribution in [3.63, 3.8) is 0 Å². The van der Waals surface area contributed by atoms with Crippen molar-refractivity contribution in [2.24, 2.45) is 0 Å². The molecular weight excluding hydrogens is 318 g/mol. The number of carbonyl (C=O) groups excluding carboxylic acids is 1. The highest BCUT2D eigenvalue weighted by molar-refractivity contribution is 5.98. The first-order chi connectivity index (χ1) is 12.2. The van der Waals surface area contributed by atoms with Crippen LogP contribution in [-0.4, -0.2) is 59.0 Å². The van der Waals surface area contributed by atoms with Crippen molar-refractivity contribution < 1.29 is 9.53 Å². The van der Waals surface area contributed by atoms with Crippen LogP contribution in [0.5, 0.6) is 5.75 Å². The Kier molecular flexibility index (Phi) is 3.97. The number of amides is 1. The van der Waals surface area contributed by atoms with E-state index in [4.69, 9.17) is 4.74 Å². The van der Waals surface area contributed by atoms with E-state index in [-0.39, 0.29) is 5.91 Å². The molecule has 2 aromatic heterocycles. The van der Waals surface area contributed by atoms with Crippen LogP contribution >= 0.6 is 0 Å². The van der Waals surface area contributed by atoms with Gasteiger partial charge in [0.2, 0.25) is 0 Å². The molecule has 3 aromatic rings. The lowest BCUT2D eigenvalue weighted by Crippen LogP contribution is -2.49. The molecule has 0 bridgehead atoms. The fourth-order valence-corrected chi connectivity index (χ4v) is 3.12. The SMILES string of the molecule is COc1ccc2[nH]c(C(=O)N3CCN(c4cnccn4)CC3)cc2c1. The number of methoxy groups -OCH3 is 1. The van der Waals surface area contributed by atoms with Crippen molar-refractivity contribution in [2.45, 2.75) is 0 Å². The molecule has 1 N–H and O–H groups in total. The van der Waals surface area contributed by atoms with Crippen molar-refractivity contribution >= 4 is 22.6 Å². The highest BCUT2D eigenvalue weighted by atomic mass is 16.5. The van der Waals surface area contributed by atoms with Gasteiger partial charge in [0.05, 0.1) is 13.3 Å². The quantitative estimate of drug-likeness (QED) is 0.790. The molecule has 4 rings (SSSR count). The molecule has 0 atom stereocenters. The lowest BCUT2D eigenvalue weighted by Gasteiger charge is -2.35. The van der Waals surface area contributed by atoms with Crippen LogP contribution in [0.3, 0.4) is 0 Å². The third-order valence-electron chi connectivity index (χ3n) is 4.50. The zero-order valence-corrected chi connectivity index (χ0v) is 14.0. The van der Waals surface area contributed by atoms with Crippen LogP contribution < -0.4 is 9.64 Å². The summed E-state index contributed by atoms with van der Waals surface area (Å²) in [5.41, 5.74) is 1.54. The number of aromatic amines is 1. The Morgan fingerprint density at radius 3 is 2.72 bits per heavy atom. The molecule has 128 valence electrons. The first-order valence-corrected chi connectivity index (χ1v) is 8.21. The number of nitrogens with zero attached hydrogens (tertiary/aromatic N) is 4. The van der Waals surface area contributed by atoms with E-state index < -0.39 is 0 Å². The topological polar surface area (TPSA) is 74.4 Å². The fourth-order valence-electron chi connectivity index (χ4n) is 3.12. The lowest BCUT2D eigenvalue weighted by molar-refractivity contribution is 0.0741. The Labute approximate surface area is 145 Å². The summed E-state index contributed by atoms with van der Waals surface area (Å²) in [4.78, 5) is 28.4. The number of H-pyrrole nitrogens is 1. The number of hydrogen-bond acceptors (Lipinski definition) is 5. The van der Waals surface area contributed by atoms with Crippen LogP contribution in [0, 0.1) is 0 Å². The molecule has 7 nitrogen and oxygen atoms in total. The lowest BCUT2D eigenvalue weighted by atomic mass is 10.2. The molecule has 0 unspecified atom stereocenters. The number of aromatic nitrogens is 3. The number of ether oxygens (including phenoxy) is 1. The summed E-state index contributed by atoms with van der Waals surface area (Å²) in [6.45, 7) is 2.82. The Hall–Kier alpha value is -3.09. The molecule has 1 aliphatic rings. The van der Waals surface area contributed by atoms with Gasteiger partial charge in [-0.05, 0) is 24.3 Å². The summed E-state index contributed by atoms with van der Waals surface area (Å²) < 4.78 is 5.24. The molecule has 1 saturated heterocycles. The van der Waals surface area contributed by atoms with Crippen LogP contribution in [0.1, 0.15) is 10.5 Å². The van der Waals surface area contributed by atoms with E-state index in [0.717, 1.165) is 35.6 Å². The number of piperazine rings is 1. The summed E-state index contributed by atoms with van der Waals surface area (Å²) >= 11 is 0. The summed E-state index contributed by atoms with van der Waals surface area (Å²) in [6.07, 6.45) is 5.10. The van der Waals surface area contributed by atoms with Gasteiger partial charge >= 0.3 is 0 Å². The monoisotopic (exact) mass is 337 g/mol. The predicted molar refractivity (Wildman–Crippen MR) is 95.0 cm³/mol. The highest BCUT2D eigenvalue weighted by Gasteiger charge is 2.24. The second-order valence-electron chi connectivity index (χ2n) is 5.98. The molecule has 1 aliphatic heterocycles. The molecule has 1 aromatic carbocycles. The zero-order chi connectivity index (χ0) is 17.2. The van der Waals surface area contributed by atoms with Gasteiger partial charge in [0.15, 0.2) is 0 Å². The van der Waals surface area contributed by atoms with Gasteiger partial charge in [0, 0.05) is 49.5 Å². The van der Waals surface area contributed by atoms with Gasteiger partial charge < -0.3 is 19.5 Å². The number of rotatable bonds is 3. The number of benzene rings is 1. The van der Waals surface area contributed by atoms with E-state index in [0.29, 0.717) is 18.8 Å². The van der Waals surface area contributed by atoms with Crippen molar-refractivity contribution in [1.29, 1.82) is 0 Å². The summed E-state index contributed by atoms with van der Waals surface area (Å²) in [7, 11) is 1.64. The molecule has 0 saturated carbocycles. The summed E-state index contributed by atoms with van der Waals surface area (Å²) in [5, 5.41) is 0.973. The molecule has 0 radical (unpaired) electrons. The maximum absolute atomic E-state index is 12.8. The van der Waals surface area contributed by atoms with E-state index >= 15 is 0 Å². The number of carbonyl (C=O) groups is 1. The Bertz CT molecular complexity index is 885. The van der Waals surface area contributed by atoms with E-state index in [1.807, 2.05) is 29.2 Å². The number of anilines is 1. The van der Waals surface area contributed by atoms with Gasteiger partial charge in [-0.15, -0.1) is 0 Å². The minimum absolute atomic E-state index is 0.0222. The predicted octanol–water partition coefficient (Wildman–Crippen LogP) is 1.93.